The highest BCUT2D eigenvalue weighted by atomic mass is 16.6. The molecular formula is C21H30N4O4. The van der Waals surface area contributed by atoms with Crippen LogP contribution < -0.4 is 16.4 Å². The minimum Gasteiger partial charge on any atom is -0.444 e. The third-order valence-electron chi connectivity index (χ3n) is 4.38. The number of anilines is 1. The Hall–Kier alpha value is -2.87. The minimum absolute atomic E-state index is 0.155. The van der Waals surface area contributed by atoms with Crippen molar-refractivity contribution in [2.45, 2.75) is 45.4 Å². The van der Waals surface area contributed by atoms with Gasteiger partial charge in [0.15, 0.2) is 0 Å². The van der Waals surface area contributed by atoms with Gasteiger partial charge in [0.25, 0.3) is 0 Å². The van der Waals surface area contributed by atoms with Crippen LogP contribution in [0.15, 0.2) is 36.9 Å². The zero-order valence-corrected chi connectivity index (χ0v) is 17.2. The summed E-state index contributed by atoms with van der Waals surface area (Å²) in [5.41, 5.74) is 6.99. The zero-order chi connectivity index (χ0) is 21.6. The van der Waals surface area contributed by atoms with E-state index in [9.17, 15) is 14.4 Å². The first-order chi connectivity index (χ1) is 13.6. The normalized spacial score (nSPS) is 19.2. The lowest BCUT2D eigenvalue weighted by Crippen LogP contribution is -2.53. The molecule has 1 aliphatic rings. The van der Waals surface area contributed by atoms with E-state index < -0.39 is 17.6 Å². The number of piperidine rings is 1. The van der Waals surface area contributed by atoms with Gasteiger partial charge in [-0.2, -0.15) is 0 Å². The largest absolute Gasteiger partial charge is 0.444 e. The van der Waals surface area contributed by atoms with Gasteiger partial charge < -0.3 is 26.0 Å². The molecule has 0 saturated carbocycles. The quantitative estimate of drug-likeness (QED) is 0.652. The van der Waals surface area contributed by atoms with Crippen LogP contribution in [0.1, 0.15) is 32.8 Å². The van der Waals surface area contributed by atoms with Crippen LogP contribution in [0.5, 0.6) is 0 Å². The maximum atomic E-state index is 12.6. The summed E-state index contributed by atoms with van der Waals surface area (Å²) in [4.78, 5) is 37.7. The predicted octanol–water partition coefficient (Wildman–Crippen LogP) is 2.01. The topological polar surface area (TPSA) is 114 Å². The maximum Gasteiger partial charge on any atom is 0.410 e. The monoisotopic (exact) mass is 402 g/mol. The molecular weight excluding hydrogens is 372 g/mol. The van der Waals surface area contributed by atoms with Gasteiger partial charge in [-0.25, -0.2) is 4.79 Å². The molecule has 1 heterocycles. The third kappa shape index (κ3) is 7.23. The molecule has 2 atom stereocenters. The summed E-state index contributed by atoms with van der Waals surface area (Å²) in [7, 11) is 0. The van der Waals surface area contributed by atoms with Crippen molar-refractivity contribution < 1.29 is 19.1 Å². The first kappa shape index (κ1) is 22.4. The summed E-state index contributed by atoms with van der Waals surface area (Å²) in [6.45, 7) is 9.79. The van der Waals surface area contributed by atoms with Gasteiger partial charge in [-0.05, 0) is 51.0 Å². The van der Waals surface area contributed by atoms with Crippen molar-refractivity contribution in [1.82, 2.24) is 10.2 Å². The van der Waals surface area contributed by atoms with Gasteiger partial charge >= 0.3 is 6.09 Å². The Morgan fingerprint density at radius 3 is 2.48 bits per heavy atom. The number of carbonyl (C=O) groups is 3. The lowest BCUT2D eigenvalue weighted by molar-refractivity contribution is -0.127. The van der Waals surface area contributed by atoms with E-state index >= 15 is 0 Å². The van der Waals surface area contributed by atoms with Gasteiger partial charge in [0.1, 0.15) is 5.60 Å². The van der Waals surface area contributed by atoms with Crippen LogP contribution in [0.4, 0.5) is 10.5 Å². The minimum atomic E-state index is -0.603. The molecule has 1 aromatic carbocycles. The number of benzene rings is 1. The average Bonchev–Trinajstić information content (AvgIpc) is 2.65. The van der Waals surface area contributed by atoms with Crippen molar-refractivity contribution in [2.24, 2.45) is 11.7 Å². The molecule has 1 aliphatic heterocycles. The number of likely N-dealkylation sites (tertiary alicyclic amines) is 1. The molecule has 1 aromatic rings. The summed E-state index contributed by atoms with van der Waals surface area (Å²) < 4.78 is 5.39. The highest BCUT2D eigenvalue weighted by molar-refractivity contribution is 5.98. The second-order valence-electron chi connectivity index (χ2n) is 8.19. The third-order valence-corrected chi connectivity index (χ3v) is 4.38. The van der Waals surface area contributed by atoms with E-state index in [2.05, 4.69) is 17.2 Å². The van der Waals surface area contributed by atoms with E-state index in [1.807, 2.05) is 12.1 Å². The average molecular weight is 402 g/mol. The van der Waals surface area contributed by atoms with Crippen molar-refractivity contribution in [1.29, 1.82) is 0 Å². The second-order valence-corrected chi connectivity index (χ2v) is 8.19. The molecule has 0 aliphatic carbocycles. The fourth-order valence-corrected chi connectivity index (χ4v) is 3.04. The Morgan fingerprint density at radius 2 is 1.90 bits per heavy atom. The number of rotatable bonds is 5. The Balaban J connectivity index is 1.90. The van der Waals surface area contributed by atoms with Crippen LogP contribution in [-0.4, -0.2) is 47.5 Å². The van der Waals surface area contributed by atoms with Crippen molar-refractivity contribution >= 4 is 23.6 Å². The Morgan fingerprint density at radius 1 is 1.24 bits per heavy atom. The lowest BCUT2D eigenvalue weighted by Gasteiger charge is -2.36. The summed E-state index contributed by atoms with van der Waals surface area (Å²) in [5, 5.41) is 5.56. The maximum absolute atomic E-state index is 12.6. The van der Waals surface area contributed by atoms with Crippen LogP contribution in [0, 0.1) is 5.92 Å². The standard InChI is InChI=1S/C21H30N4O4/c1-5-18(26)24-17-8-6-14(7-9-17)11-23-19(27)15-10-16(22)13-25(12-15)20(28)29-21(2,3)4/h5-9,15-16H,1,10-13,22H2,2-4H3,(H,23,27)(H,24,26). The summed E-state index contributed by atoms with van der Waals surface area (Å²) >= 11 is 0. The van der Waals surface area contributed by atoms with Crippen LogP contribution in [-0.2, 0) is 20.9 Å². The molecule has 3 amide bonds. The summed E-state index contributed by atoms with van der Waals surface area (Å²) in [5.74, 6) is -0.829. The Kier molecular flexibility index (Phi) is 7.39. The first-order valence-corrected chi connectivity index (χ1v) is 9.61. The molecule has 1 fully saturated rings. The number of amides is 3. The molecule has 1 saturated heterocycles. The molecule has 0 radical (unpaired) electrons. The molecule has 8 nitrogen and oxygen atoms in total. The predicted molar refractivity (Wildman–Crippen MR) is 111 cm³/mol. The smallest absolute Gasteiger partial charge is 0.410 e. The van der Waals surface area contributed by atoms with Crippen molar-refractivity contribution in [3.63, 3.8) is 0 Å². The van der Waals surface area contributed by atoms with Crippen molar-refractivity contribution in [2.75, 3.05) is 18.4 Å². The number of carbonyl (C=O) groups excluding carboxylic acids is 3. The summed E-state index contributed by atoms with van der Waals surface area (Å²) in [6.07, 6.45) is 1.25. The number of hydrogen-bond donors (Lipinski definition) is 3. The van der Waals surface area contributed by atoms with Gasteiger partial charge in [-0.15, -0.1) is 0 Å². The van der Waals surface area contributed by atoms with Crippen LogP contribution >= 0.6 is 0 Å². The highest BCUT2D eigenvalue weighted by Gasteiger charge is 2.34. The molecule has 2 rings (SSSR count). The van der Waals surface area contributed by atoms with E-state index in [1.165, 1.54) is 11.0 Å². The molecule has 0 spiro atoms. The number of nitrogens with zero attached hydrogens (tertiary/aromatic N) is 1. The number of hydrogen-bond acceptors (Lipinski definition) is 5. The summed E-state index contributed by atoms with van der Waals surface area (Å²) in [6, 6.07) is 6.87. The molecule has 8 heteroatoms. The van der Waals surface area contributed by atoms with E-state index in [-0.39, 0.29) is 24.4 Å². The molecule has 0 aromatic heterocycles. The van der Waals surface area contributed by atoms with E-state index in [0.29, 0.717) is 25.2 Å². The van der Waals surface area contributed by atoms with Crippen molar-refractivity contribution in [3.8, 4) is 0 Å². The van der Waals surface area contributed by atoms with Crippen LogP contribution in [0.25, 0.3) is 0 Å². The fourth-order valence-electron chi connectivity index (χ4n) is 3.04. The van der Waals surface area contributed by atoms with E-state index in [4.69, 9.17) is 10.5 Å². The van der Waals surface area contributed by atoms with Crippen molar-refractivity contribution in [3.05, 3.63) is 42.5 Å². The van der Waals surface area contributed by atoms with Gasteiger partial charge in [-0.1, -0.05) is 18.7 Å². The van der Waals surface area contributed by atoms with Crippen LogP contribution in [0.2, 0.25) is 0 Å². The first-order valence-electron chi connectivity index (χ1n) is 9.61. The Bertz CT molecular complexity index is 755. The molecule has 158 valence electrons. The van der Waals surface area contributed by atoms with Gasteiger partial charge in [-0.3, -0.25) is 9.59 Å². The van der Waals surface area contributed by atoms with Gasteiger partial charge in [0.2, 0.25) is 11.8 Å². The number of nitrogens with two attached hydrogens (primary N) is 1. The molecule has 0 bridgehead atoms. The fraction of sp³-hybridized carbons (Fsp3) is 0.476. The zero-order valence-electron chi connectivity index (χ0n) is 17.2. The van der Waals surface area contributed by atoms with E-state index in [1.54, 1.807) is 32.9 Å². The Labute approximate surface area is 171 Å². The molecule has 4 N–H and O–H groups in total. The number of nitrogens with one attached hydrogen (secondary N) is 2. The van der Waals surface area contributed by atoms with Gasteiger partial charge in [0, 0.05) is 31.4 Å². The highest BCUT2D eigenvalue weighted by Crippen LogP contribution is 2.19. The second kappa shape index (κ2) is 9.56. The molecule has 2 unspecified atom stereocenters. The number of ether oxygens (including phenoxy) is 1. The molecule has 29 heavy (non-hydrogen) atoms. The van der Waals surface area contributed by atoms with Gasteiger partial charge in [0.05, 0.1) is 5.92 Å². The van der Waals surface area contributed by atoms with E-state index in [0.717, 1.165) is 5.56 Å². The lowest BCUT2D eigenvalue weighted by atomic mass is 9.94. The SMILES string of the molecule is C=CC(=O)Nc1ccc(CNC(=O)C2CC(N)CN(C(=O)OC(C)(C)C)C2)cc1. The van der Waals surface area contributed by atoms with Crippen LogP contribution in [0.3, 0.4) is 0 Å².